The van der Waals surface area contributed by atoms with Crippen molar-refractivity contribution in [1.82, 2.24) is 15.1 Å². The van der Waals surface area contributed by atoms with Crippen LogP contribution in [-0.4, -0.2) is 28.0 Å². The Morgan fingerprint density at radius 3 is 3.05 bits per heavy atom. The molecule has 0 aliphatic heterocycles. The first-order chi connectivity index (χ1) is 9.65. The Morgan fingerprint density at radius 1 is 1.55 bits per heavy atom. The van der Waals surface area contributed by atoms with E-state index in [0.717, 1.165) is 16.6 Å². The molecular weight excluding hydrogens is 272 g/mol. The minimum Gasteiger partial charge on any atom is -0.476 e. The van der Waals surface area contributed by atoms with Crippen LogP contribution in [0, 0.1) is 0 Å². The number of thiocarbonyl (C=S) groups is 1. The Morgan fingerprint density at radius 2 is 2.35 bits per heavy atom. The van der Waals surface area contributed by atoms with Gasteiger partial charge in [0.1, 0.15) is 0 Å². The van der Waals surface area contributed by atoms with Gasteiger partial charge >= 0.3 is 0 Å². The lowest BCUT2D eigenvalue weighted by Gasteiger charge is -2.09. The molecular formula is C14H18N4OS. The molecule has 20 heavy (non-hydrogen) atoms. The van der Waals surface area contributed by atoms with Crippen molar-refractivity contribution in [3.63, 3.8) is 0 Å². The van der Waals surface area contributed by atoms with Crippen LogP contribution < -0.4 is 15.4 Å². The summed E-state index contributed by atoms with van der Waals surface area (Å²) in [6.45, 7) is 6.80. The third-order valence-corrected chi connectivity index (χ3v) is 3.01. The quantitative estimate of drug-likeness (QED) is 0.654. The van der Waals surface area contributed by atoms with E-state index in [2.05, 4.69) is 22.3 Å². The Balaban J connectivity index is 2.25. The van der Waals surface area contributed by atoms with Gasteiger partial charge in [0.05, 0.1) is 17.5 Å². The molecule has 0 spiro atoms. The van der Waals surface area contributed by atoms with Crippen molar-refractivity contribution in [2.45, 2.75) is 6.92 Å². The number of aryl methyl sites for hydroxylation is 1. The molecule has 2 N–H and O–H groups in total. The van der Waals surface area contributed by atoms with Crippen molar-refractivity contribution >= 4 is 33.9 Å². The summed E-state index contributed by atoms with van der Waals surface area (Å²) in [5, 5.41) is 12.0. The van der Waals surface area contributed by atoms with Crippen molar-refractivity contribution in [3.05, 3.63) is 30.9 Å². The number of anilines is 1. The van der Waals surface area contributed by atoms with Crippen molar-refractivity contribution in [2.75, 3.05) is 18.5 Å². The summed E-state index contributed by atoms with van der Waals surface area (Å²) >= 11 is 5.19. The fraction of sp³-hybridized carbons (Fsp3) is 0.286. The third-order valence-electron chi connectivity index (χ3n) is 2.76. The second kappa shape index (κ2) is 6.38. The summed E-state index contributed by atoms with van der Waals surface area (Å²) in [6.07, 6.45) is 1.76. The molecule has 0 radical (unpaired) electrons. The number of rotatable bonds is 5. The maximum Gasteiger partial charge on any atom is 0.240 e. The van der Waals surface area contributed by atoms with Gasteiger partial charge in [-0.1, -0.05) is 6.08 Å². The first kappa shape index (κ1) is 14.3. The average Bonchev–Trinajstić information content (AvgIpc) is 2.73. The molecule has 0 saturated carbocycles. The second-order valence-electron chi connectivity index (χ2n) is 4.22. The van der Waals surface area contributed by atoms with Crippen molar-refractivity contribution in [2.24, 2.45) is 7.05 Å². The zero-order valence-corrected chi connectivity index (χ0v) is 12.5. The SMILES string of the molecule is C=CCNC(=S)Nc1ccc2c(c1)c(OCC)nn2C. The average molecular weight is 290 g/mol. The van der Waals surface area contributed by atoms with E-state index < -0.39 is 0 Å². The molecule has 6 heteroatoms. The van der Waals surface area contributed by atoms with Gasteiger partial charge in [0.15, 0.2) is 5.11 Å². The smallest absolute Gasteiger partial charge is 0.240 e. The molecule has 0 saturated heterocycles. The van der Waals surface area contributed by atoms with Crippen LogP contribution in [0.15, 0.2) is 30.9 Å². The summed E-state index contributed by atoms with van der Waals surface area (Å²) in [5.74, 6) is 0.638. The van der Waals surface area contributed by atoms with Crippen molar-refractivity contribution in [3.8, 4) is 5.88 Å². The monoisotopic (exact) mass is 290 g/mol. The van der Waals surface area contributed by atoms with Crippen LogP contribution in [0.25, 0.3) is 10.9 Å². The molecule has 0 fully saturated rings. The lowest BCUT2D eigenvalue weighted by molar-refractivity contribution is 0.326. The van der Waals surface area contributed by atoms with Crippen LogP contribution >= 0.6 is 12.2 Å². The Hall–Kier alpha value is -2.08. The topological polar surface area (TPSA) is 51.1 Å². The molecule has 0 amide bonds. The molecule has 2 rings (SSSR count). The van der Waals surface area contributed by atoms with Gasteiger partial charge in [0.2, 0.25) is 5.88 Å². The molecule has 0 aliphatic rings. The number of ether oxygens (including phenoxy) is 1. The molecule has 1 heterocycles. The Bertz CT molecular complexity index is 635. The number of benzene rings is 1. The van der Waals surface area contributed by atoms with Crippen molar-refractivity contribution in [1.29, 1.82) is 0 Å². The summed E-state index contributed by atoms with van der Waals surface area (Å²) < 4.78 is 7.35. The van der Waals surface area contributed by atoms with Crippen molar-refractivity contribution < 1.29 is 4.74 Å². The molecule has 0 atom stereocenters. The summed E-state index contributed by atoms with van der Waals surface area (Å²) in [6, 6.07) is 5.93. The van der Waals surface area contributed by atoms with Crippen LogP contribution in [0.1, 0.15) is 6.92 Å². The van der Waals surface area contributed by atoms with Crippen LogP contribution in [0.5, 0.6) is 5.88 Å². The van der Waals surface area contributed by atoms with Crippen LogP contribution in [0.3, 0.4) is 0 Å². The van der Waals surface area contributed by atoms with Gasteiger partial charge in [-0.3, -0.25) is 4.68 Å². The molecule has 5 nitrogen and oxygen atoms in total. The Labute approximate surface area is 123 Å². The minimum atomic E-state index is 0.561. The van der Waals surface area contributed by atoms with E-state index in [4.69, 9.17) is 17.0 Å². The zero-order valence-electron chi connectivity index (χ0n) is 11.6. The van der Waals surface area contributed by atoms with E-state index in [-0.39, 0.29) is 0 Å². The highest BCUT2D eigenvalue weighted by Crippen LogP contribution is 2.27. The summed E-state index contributed by atoms with van der Waals surface area (Å²) in [7, 11) is 1.90. The van der Waals surface area contributed by atoms with E-state index in [9.17, 15) is 0 Å². The molecule has 0 bridgehead atoms. The van der Waals surface area contributed by atoms with Gasteiger partial charge in [0, 0.05) is 19.3 Å². The van der Waals surface area contributed by atoms with E-state index in [0.29, 0.717) is 24.1 Å². The standard InChI is InChI=1S/C14H18N4OS/c1-4-8-15-14(20)16-10-6-7-12-11(9-10)13(19-5-2)17-18(12)3/h4,6-7,9H,1,5,8H2,2-3H3,(H2,15,16,20). The number of hydrogen-bond donors (Lipinski definition) is 2. The largest absolute Gasteiger partial charge is 0.476 e. The van der Waals surface area contributed by atoms with Gasteiger partial charge in [-0.15, -0.1) is 11.7 Å². The van der Waals surface area contributed by atoms with E-state index in [1.54, 1.807) is 10.8 Å². The molecule has 0 unspecified atom stereocenters. The summed E-state index contributed by atoms with van der Waals surface area (Å²) in [5.41, 5.74) is 1.91. The van der Waals surface area contributed by atoms with Gasteiger partial charge in [-0.2, -0.15) is 0 Å². The van der Waals surface area contributed by atoms with Gasteiger partial charge < -0.3 is 15.4 Å². The third kappa shape index (κ3) is 3.08. The predicted octanol–water partition coefficient (Wildman–Crippen LogP) is 2.44. The summed E-state index contributed by atoms with van der Waals surface area (Å²) in [4.78, 5) is 0. The first-order valence-corrected chi connectivity index (χ1v) is 6.81. The number of nitrogens with zero attached hydrogens (tertiary/aromatic N) is 2. The van der Waals surface area contributed by atoms with Crippen LogP contribution in [0.2, 0.25) is 0 Å². The van der Waals surface area contributed by atoms with E-state index in [1.165, 1.54) is 0 Å². The predicted molar refractivity (Wildman–Crippen MR) is 86.3 cm³/mol. The maximum atomic E-state index is 5.54. The van der Waals surface area contributed by atoms with Gasteiger partial charge in [0.25, 0.3) is 0 Å². The molecule has 2 aromatic rings. The second-order valence-corrected chi connectivity index (χ2v) is 4.63. The molecule has 1 aromatic carbocycles. The first-order valence-electron chi connectivity index (χ1n) is 6.41. The zero-order chi connectivity index (χ0) is 14.5. The van der Waals surface area contributed by atoms with Crippen LogP contribution in [0.4, 0.5) is 5.69 Å². The fourth-order valence-electron chi connectivity index (χ4n) is 1.89. The highest BCUT2D eigenvalue weighted by atomic mass is 32.1. The number of hydrogen-bond acceptors (Lipinski definition) is 3. The Kier molecular flexibility index (Phi) is 4.57. The van der Waals surface area contributed by atoms with Gasteiger partial charge in [-0.25, -0.2) is 0 Å². The minimum absolute atomic E-state index is 0.561. The number of nitrogens with one attached hydrogen (secondary N) is 2. The van der Waals surface area contributed by atoms with Gasteiger partial charge in [-0.05, 0) is 37.3 Å². The fourth-order valence-corrected chi connectivity index (χ4v) is 2.10. The van der Waals surface area contributed by atoms with E-state index >= 15 is 0 Å². The molecule has 1 aromatic heterocycles. The lowest BCUT2D eigenvalue weighted by atomic mass is 10.2. The highest BCUT2D eigenvalue weighted by Gasteiger charge is 2.10. The maximum absolute atomic E-state index is 5.54. The van der Waals surface area contributed by atoms with Crippen LogP contribution in [-0.2, 0) is 7.05 Å². The number of fused-ring (bicyclic) bond motifs is 1. The molecule has 106 valence electrons. The van der Waals surface area contributed by atoms with E-state index in [1.807, 2.05) is 32.2 Å². The highest BCUT2D eigenvalue weighted by molar-refractivity contribution is 7.80. The lowest BCUT2D eigenvalue weighted by Crippen LogP contribution is -2.28. The number of aromatic nitrogens is 2. The molecule has 0 aliphatic carbocycles. The normalized spacial score (nSPS) is 10.3.